The van der Waals surface area contributed by atoms with Gasteiger partial charge in [0.05, 0.1) is 17.1 Å². The summed E-state index contributed by atoms with van der Waals surface area (Å²) >= 11 is 1.62. The molecule has 96 valence electrons. The van der Waals surface area contributed by atoms with Crippen molar-refractivity contribution < 1.29 is 4.79 Å². The van der Waals surface area contributed by atoms with E-state index >= 15 is 0 Å². The Hall–Kier alpha value is -0.940. The van der Waals surface area contributed by atoms with Gasteiger partial charge >= 0.3 is 0 Å². The summed E-state index contributed by atoms with van der Waals surface area (Å²) in [5, 5.41) is 9.21. The highest BCUT2D eigenvalue weighted by Crippen LogP contribution is 2.10. The van der Waals surface area contributed by atoms with E-state index < -0.39 is 0 Å². The van der Waals surface area contributed by atoms with E-state index in [4.69, 9.17) is 0 Å². The number of nitrogens with zero attached hydrogens (tertiary/aromatic N) is 1. The van der Waals surface area contributed by atoms with Crippen LogP contribution in [0.25, 0.3) is 0 Å². The second-order valence-corrected chi connectivity index (χ2v) is 4.97. The first-order valence-electron chi connectivity index (χ1n) is 6.09. The zero-order valence-corrected chi connectivity index (χ0v) is 11.6. The predicted octanol–water partition coefficient (Wildman–Crippen LogP) is 1.36. The van der Waals surface area contributed by atoms with Crippen LogP contribution in [0, 0.1) is 0 Å². The molecule has 1 amide bonds. The standard InChI is InChI=1S/C12H21N3OS/c1-4-12-15-10(8-17-12)6-11(16)14-7-9(3)13-5-2/h8-9,13H,4-7H2,1-3H3,(H,14,16)/t9-/m1/s1. The highest BCUT2D eigenvalue weighted by molar-refractivity contribution is 7.09. The monoisotopic (exact) mass is 255 g/mol. The molecule has 0 bridgehead atoms. The van der Waals surface area contributed by atoms with Crippen molar-refractivity contribution in [3.63, 3.8) is 0 Å². The first-order chi connectivity index (χ1) is 8.15. The average Bonchev–Trinajstić information content (AvgIpc) is 2.74. The summed E-state index contributed by atoms with van der Waals surface area (Å²) in [5.74, 6) is 0.0442. The maximum Gasteiger partial charge on any atom is 0.226 e. The highest BCUT2D eigenvalue weighted by atomic mass is 32.1. The number of hydrogen-bond acceptors (Lipinski definition) is 4. The topological polar surface area (TPSA) is 54.0 Å². The van der Waals surface area contributed by atoms with Crippen LogP contribution in [0.4, 0.5) is 0 Å². The van der Waals surface area contributed by atoms with Crippen LogP contribution in [-0.4, -0.2) is 30.0 Å². The zero-order chi connectivity index (χ0) is 12.7. The Kier molecular flexibility index (Phi) is 6.15. The summed E-state index contributed by atoms with van der Waals surface area (Å²) in [6.45, 7) is 7.77. The second kappa shape index (κ2) is 7.40. The summed E-state index contributed by atoms with van der Waals surface area (Å²) in [6.07, 6.45) is 1.32. The lowest BCUT2D eigenvalue weighted by atomic mass is 10.3. The van der Waals surface area contributed by atoms with Crippen LogP contribution in [0.1, 0.15) is 31.5 Å². The van der Waals surface area contributed by atoms with E-state index in [1.807, 2.05) is 5.38 Å². The maximum atomic E-state index is 11.6. The molecule has 1 rings (SSSR count). The SMILES string of the molecule is CCN[C@H](C)CNC(=O)Cc1csc(CC)n1. The van der Waals surface area contributed by atoms with Crippen molar-refractivity contribution in [3.8, 4) is 0 Å². The van der Waals surface area contributed by atoms with Crippen molar-refractivity contribution in [3.05, 3.63) is 16.1 Å². The minimum absolute atomic E-state index is 0.0442. The van der Waals surface area contributed by atoms with E-state index in [-0.39, 0.29) is 5.91 Å². The normalized spacial score (nSPS) is 12.4. The lowest BCUT2D eigenvalue weighted by molar-refractivity contribution is -0.120. The van der Waals surface area contributed by atoms with Gasteiger partial charge in [-0.2, -0.15) is 0 Å². The predicted molar refractivity (Wildman–Crippen MR) is 71.3 cm³/mol. The van der Waals surface area contributed by atoms with Crippen molar-refractivity contribution in [1.29, 1.82) is 0 Å². The third-order valence-corrected chi connectivity index (χ3v) is 3.44. The van der Waals surface area contributed by atoms with Crippen LogP contribution in [0.15, 0.2) is 5.38 Å². The number of hydrogen-bond donors (Lipinski definition) is 2. The van der Waals surface area contributed by atoms with Gasteiger partial charge in [0.25, 0.3) is 0 Å². The zero-order valence-electron chi connectivity index (χ0n) is 10.7. The van der Waals surface area contributed by atoms with Gasteiger partial charge in [0.1, 0.15) is 0 Å². The van der Waals surface area contributed by atoms with Gasteiger partial charge in [-0.1, -0.05) is 13.8 Å². The number of carbonyl (C=O) groups is 1. The van der Waals surface area contributed by atoms with Crippen LogP contribution < -0.4 is 10.6 Å². The van der Waals surface area contributed by atoms with Crippen molar-refractivity contribution in [1.82, 2.24) is 15.6 Å². The third kappa shape index (κ3) is 5.28. The van der Waals surface area contributed by atoms with E-state index in [1.165, 1.54) is 0 Å². The van der Waals surface area contributed by atoms with Crippen molar-refractivity contribution >= 4 is 17.2 Å². The van der Waals surface area contributed by atoms with E-state index in [0.29, 0.717) is 19.0 Å². The number of aromatic nitrogens is 1. The summed E-state index contributed by atoms with van der Waals surface area (Å²) < 4.78 is 0. The molecule has 0 unspecified atom stereocenters. The molecule has 0 fully saturated rings. The Labute approximate surface area is 107 Å². The molecule has 2 N–H and O–H groups in total. The Morgan fingerprint density at radius 1 is 1.53 bits per heavy atom. The number of aryl methyl sites for hydroxylation is 1. The Balaban J connectivity index is 2.29. The largest absolute Gasteiger partial charge is 0.354 e. The fraction of sp³-hybridized carbons (Fsp3) is 0.667. The van der Waals surface area contributed by atoms with E-state index in [1.54, 1.807) is 11.3 Å². The van der Waals surface area contributed by atoms with E-state index in [0.717, 1.165) is 23.7 Å². The number of rotatable bonds is 7. The molecule has 1 atom stereocenters. The molecule has 0 aliphatic carbocycles. The average molecular weight is 255 g/mol. The van der Waals surface area contributed by atoms with Gasteiger partial charge in [-0.3, -0.25) is 4.79 Å². The molecule has 0 saturated carbocycles. The lowest BCUT2D eigenvalue weighted by Crippen LogP contribution is -2.39. The molecule has 17 heavy (non-hydrogen) atoms. The second-order valence-electron chi connectivity index (χ2n) is 4.03. The first kappa shape index (κ1) is 14.1. The Bertz CT molecular complexity index is 351. The molecule has 0 radical (unpaired) electrons. The molecule has 0 aliphatic heterocycles. The molecular weight excluding hydrogens is 234 g/mol. The maximum absolute atomic E-state index is 11.6. The molecule has 4 nitrogen and oxygen atoms in total. The van der Waals surface area contributed by atoms with Gasteiger partial charge in [-0.25, -0.2) is 4.98 Å². The number of thiazole rings is 1. The van der Waals surface area contributed by atoms with Crippen LogP contribution in [0.2, 0.25) is 0 Å². The molecule has 1 aromatic rings. The van der Waals surface area contributed by atoms with Crippen molar-refractivity contribution in [2.24, 2.45) is 0 Å². The van der Waals surface area contributed by atoms with Gasteiger partial charge in [-0.15, -0.1) is 11.3 Å². The van der Waals surface area contributed by atoms with Crippen LogP contribution >= 0.6 is 11.3 Å². The third-order valence-electron chi connectivity index (χ3n) is 2.40. The van der Waals surface area contributed by atoms with Gasteiger partial charge in [-0.05, 0) is 19.9 Å². The molecule has 1 heterocycles. The van der Waals surface area contributed by atoms with Crippen LogP contribution in [0.3, 0.4) is 0 Å². The van der Waals surface area contributed by atoms with Crippen LogP contribution in [0.5, 0.6) is 0 Å². The molecule has 5 heteroatoms. The molecule has 0 aromatic carbocycles. The fourth-order valence-corrected chi connectivity index (χ4v) is 2.25. The van der Waals surface area contributed by atoms with Crippen molar-refractivity contribution in [2.45, 2.75) is 39.7 Å². The summed E-state index contributed by atoms with van der Waals surface area (Å²) in [6, 6.07) is 0.311. The summed E-state index contributed by atoms with van der Waals surface area (Å²) in [4.78, 5) is 16.0. The summed E-state index contributed by atoms with van der Waals surface area (Å²) in [7, 11) is 0. The number of amides is 1. The van der Waals surface area contributed by atoms with Gasteiger partial charge in [0, 0.05) is 18.0 Å². The number of likely N-dealkylation sites (N-methyl/N-ethyl adjacent to an activating group) is 1. The lowest BCUT2D eigenvalue weighted by Gasteiger charge is -2.12. The molecule has 0 spiro atoms. The molecule has 0 aliphatic rings. The van der Waals surface area contributed by atoms with Gasteiger partial charge < -0.3 is 10.6 Å². The number of carbonyl (C=O) groups excluding carboxylic acids is 1. The van der Waals surface area contributed by atoms with Crippen LogP contribution in [-0.2, 0) is 17.6 Å². The highest BCUT2D eigenvalue weighted by Gasteiger charge is 2.08. The van der Waals surface area contributed by atoms with Gasteiger partial charge in [0.15, 0.2) is 0 Å². The molecule has 1 aromatic heterocycles. The molecular formula is C12H21N3OS. The van der Waals surface area contributed by atoms with E-state index in [2.05, 4.69) is 36.4 Å². The molecule has 0 saturated heterocycles. The smallest absolute Gasteiger partial charge is 0.226 e. The quantitative estimate of drug-likeness (QED) is 0.773. The minimum Gasteiger partial charge on any atom is -0.354 e. The fourth-order valence-electron chi connectivity index (χ4n) is 1.51. The Morgan fingerprint density at radius 2 is 2.29 bits per heavy atom. The van der Waals surface area contributed by atoms with E-state index in [9.17, 15) is 4.79 Å². The summed E-state index contributed by atoms with van der Waals surface area (Å²) in [5.41, 5.74) is 0.875. The van der Waals surface area contributed by atoms with Crippen molar-refractivity contribution in [2.75, 3.05) is 13.1 Å². The Morgan fingerprint density at radius 3 is 2.88 bits per heavy atom. The minimum atomic E-state index is 0.0442. The first-order valence-corrected chi connectivity index (χ1v) is 6.97. The van der Waals surface area contributed by atoms with Gasteiger partial charge in [0.2, 0.25) is 5.91 Å². The number of nitrogens with one attached hydrogen (secondary N) is 2.